The highest BCUT2D eigenvalue weighted by Crippen LogP contribution is 1.98. The van der Waals surface area contributed by atoms with Crippen molar-refractivity contribution < 1.29 is 0 Å². The molecule has 0 aromatic carbocycles. The number of hydrogen-bond acceptors (Lipinski definition) is 1. The standard InChI is InChI=1S/C9H21NSi/c1-8(2)6-7-11-10-9(3,4)5/h6,10H,7,11H2,1-5H3. The van der Waals surface area contributed by atoms with Gasteiger partial charge in [-0.05, 0) is 40.7 Å². The van der Waals surface area contributed by atoms with Crippen molar-refractivity contribution >= 4 is 9.68 Å². The molecule has 0 spiro atoms. The smallest absolute Gasteiger partial charge is 0.0959 e. The second kappa shape index (κ2) is 4.73. The minimum absolute atomic E-state index is 0.0621. The average molecular weight is 171 g/mol. The average Bonchev–Trinajstić information content (AvgIpc) is 1.78. The van der Waals surface area contributed by atoms with E-state index in [4.69, 9.17) is 0 Å². The van der Waals surface area contributed by atoms with Crippen molar-refractivity contribution in [2.75, 3.05) is 0 Å². The normalized spacial score (nSPS) is 12.5. The van der Waals surface area contributed by atoms with Gasteiger partial charge in [-0.1, -0.05) is 11.6 Å². The van der Waals surface area contributed by atoms with Gasteiger partial charge in [0.05, 0.1) is 9.68 Å². The van der Waals surface area contributed by atoms with Crippen LogP contribution >= 0.6 is 0 Å². The summed E-state index contributed by atoms with van der Waals surface area (Å²) in [6, 6.07) is 1.28. The van der Waals surface area contributed by atoms with Crippen LogP contribution in [0.4, 0.5) is 0 Å². The first-order chi connectivity index (χ1) is 4.92. The molecule has 2 heteroatoms. The maximum Gasteiger partial charge on any atom is 0.0959 e. The highest BCUT2D eigenvalue weighted by Gasteiger charge is 2.06. The zero-order valence-electron chi connectivity index (χ0n) is 8.49. The molecule has 1 nitrogen and oxygen atoms in total. The molecule has 0 rings (SSSR count). The quantitative estimate of drug-likeness (QED) is 0.388. The maximum absolute atomic E-state index is 3.57. The van der Waals surface area contributed by atoms with Gasteiger partial charge in [0.25, 0.3) is 0 Å². The number of nitrogens with one attached hydrogen (secondary N) is 1. The van der Waals surface area contributed by atoms with Gasteiger partial charge in [-0.25, -0.2) is 0 Å². The fourth-order valence-electron chi connectivity index (χ4n) is 0.808. The van der Waals surface area contributed by atoms with Crippen LogP contribution in [0, 0.1) is 0 Å². The van der Waals surface area contributed by atoms with Gasteiger partial charge < -0.3 is 4.98 Å². The Balaban J connectivity index is 3.36. The zero-order valence-corrected chi connectivity index (χ0v) is 9.91. The van der Waals surface area contributed by atoms with Gasteiger partial charge in [-0.2, -0.15) is 0 Å². The zero-order chi connectivity index (χ0) is 8.91. The third-order valence-corrected chi connectivity index (χ3v) is 3.24. The first-order valence-corrected chi connectivity index (χ1v) is 6.01. The monoisotopic (exact) mass is 171 g/mol. The van der Waals surface area contributed by atoms with Gasteiger partial charge in [-0.15, -0.1) is 0 Å². The van der Waals surface area contributed by atoms with Crippen LogP contribution in [0.25, 0.3) is 0 Å². The first-order valence-electron chi connectivity index (χ1n) is 4.30. The van der Waals surface area contributed by atoms with E-state index in [2.05, 4.69) is 45.7 Å². The Hall–Kier alpha value is -0.0831. The van der Waals surface area contributed by atoms with Crippen molar-refractivity contribution in [2.24, 2.45) is 0 Å². The molecule has 0 amide bonds. The lowest BCUT2D eigenvalue weighted by Crippen LogP contribution is -2.38. The fourth-order valence-corrected chi connectivity index (χ4v) is 2.42. The largest absolute Gasteiger partial charge is 0.337 e. The highest BCUT2D eigenvalue weighted by molar-refractivity contribution is 6.33. The summed E-state index contributed by atoms with van der Waals surface area (Å²) in [5.74, 6) is 0. The van der Waals surface area contributed by atoms with Crippen LogP contribution in [0.1, 0.15) is 34.6 Å². The van der Waals surface area contributed by atoms with E-state index in [-0.39, 0.29) is 9.68 Å². The van der Waals surface area contributed by atoms with E-state index in [1.165, 1.54) is 11.6 Å². The molecule has 0 heterocycles. The highest BCUT2D eigenvalue weighted by atomic mass is 28.2. The van der Waals surface area contributed by atoms with Crippen LogP contribution < -0.4 is 4.98 Å². The molecule has 0 bridgehead atoms. The molecular formula is C9H21NSi. The summed E-state index contributed by atoms with van der Waals surface area (Å²) in [5.41, 5.74) is 1.76. The molecule has 0 fully saturated rings. The van der Waals surface area contributed by atoms with Crippen LogP contribution in [0.3, 0.4) is 0 Å². The van der Waals surface area contributed by atoms with Crippen LogP contribution in [0.2, 0.25) is 6.04 Å². The van der Waals surface area contributed by atoms with Gasteiger partial charge in [0, 0.05) is 5.54 Å². The van der Waals surface area contributed by atoms with Crippen molar-refractivity contribution in [3.63, 3.8) is 0 Å². The molecule has 0 saturated heterocycles. The van der Waals surface area contributed by atoms with Gasteiger partial charge >= 0.3 is 0 Å². The molecule has 0 aliphatic carbocycles. The molecule has 0 aromatic heterocycles. The summed E-state index contributed by atoms with van der Waals surface area (Å²) in [6.45, 7) is 11.0. The van der Waals surface area contributed by atoms with Gasteiger partial charge in [0.1, 0.15) is 0 Å². The molecule has 1 N–H and O–H groups in total. The second-order valence-electron chi connectivity index (χ2n) is 4.25. The summed E-state index contributed by atoms with van der Waals surface area (Å²) < 4.78 is 0. The third kappa shape index (κ3) is 9.92. The molecule has 0 aliphatic rings. The van der Waals surface area contributed by atoms with E-state index in [9.17, 15) is 0 Å². The summed E-state index contributed by atoms with van der Waals surface area (Å²) >= 11 is 0. The minimum Gasteiger partial charge on any atom is -0.337 e. The second-order valence-corrected chi connectivity index (χ2v) is 5.68. The van der Waals surface area contributed by atoms with Crippen molar-refractivity contribution in [2.45, 2.75) is 46.2 Å². The van der Waals surface area contributed by atoms with Gasteiger partial charge in [0.2, 0.25) is 0 Å². The summed E-state index contributed by atoms with van der Waals surface area (Å²) in [5, 5.41) is 0. The Morgan fingerprint density at radius 1 is 1.36 bits per heavy atom. The summed E-state index contributed by atoms with van der Waals surface area (Å²) in [6.07, 6.45) is 2.32. The van der Waals surface area contributed by atoms with Gasteiger partial charge in [-0.3, -0.25) is 0 Å². The summed E-state index contributed by atoms with van der Waals surface area (Å²) in [4.78, 5) is 3.57. The van der Waals surface area contributed by atoms with E-state index in [0.29, 0.717) is 5.54 Å². The molecular weight excluding hydrogens is 150 g/mol. The lowest BCUT2D eigenvalue weighted by molar-refractivity contribution is 0.523. The molecule has 0 radical (unpaired) electrons. The Kier molecular flexibility index (Phi) is 4.69. The summed E-state index contributed by atoms with van der Waals surface area (Å²) in [7, 11) is -0.0621. The van der Waals surface area contributed by atoms with E-state index in [0.717, 1.165) is 0 Å². The fraction of sp³-hybridized carbons (Fsp3) is 0.778. The predicted molar refractivity (Wildman–Crippen MR) is 55.7 cm³/mol. The van der Waals surface area contributed by atoms with E-state index < -0.39 is 0 Å². The van der Waals surface area contributed by atoms with Crippen molar-refractivity contribution in [1.29, 1.82) is 0 Å². The number of rotatable bonds is 3. The van der Waals surface area contributed by atoms with E-state index in [1.807, 2.05) is 0 Å². The topological polar surface area (TPSA) is 12.0 Å². The molecule has 0 saturated carbocycles. The molecule has 0 aliphatic heterocycles. The third-order valence-electron chi connectivity index (χ3n) is 1.35. The van der Waals surface area contributed by atoms with Crippen molar-refractivity contribution in [3.05, 3.63) is 11.6 Å². The van der Waals surface area contributed by atoms with Crippen molar-refractivity contribution in [1.82, 2.24) is 4.98 Å². The van der Waals surface area contributed by atoms with Gasteiger partial charge in [0.15, 0.2) is 0 Å². The van der Waals surface area contributed by atoms with Crippen LogP contribution in [-0.4, -0.2) is 15.2 Å². The van der Waals surface area contributed by atoms with E-state index >= 15 is 0 Å². The SMILES string of the molecule is CC(C)=CC[SiH2]NC(C)(C)C. The number of hydrogen-bond donors (Lipinski definition) is 1. The van der Waals surface area contributed by atoms with Crippen LogP contribution in [-0.2, 0) is 0 Å². The predicted octanol–water partition coefficient (Wildman–Crippen LogP) is 1.84. The Morgan fingerprint density at radius 2 is 1.91 bits per heavy atom. The molecule has 0 atom stereocenters. The molecule has 11 heavy (non-hydrogen) atoms. The molecule has 66 valence electrons. The van der Waals surface area contributed by atoms with E-state index in [1.54, 1.807) is 0 Å². The first kappa shape index (κ1) is 10.9. The number of allylic oxidation sites excluding steroid dienone is 2. The maximum atomic E-state index is 3.57. The lowest BCUT2D eigenvalue weighted by Gasteiger charge is -2.19. The van der Waals surface area contributed by atoms with Crippen LogP contribution in [0.5, 0.6) is 0 Å². The minimum atomic E-state index is -0.0621. The van der Waals surface area contributed by atoms with Crippen molar-refractivity contribution in [3.8, 4) is 0 Å². The Morgan fingerprint density at radius 3 is 2.27 bits per heavy atom. The lowest BCUT2D eigenvalue weighted by atomic mass is 10.1. The molecule has 0 aromatic rings. The molecule has 0 unspecified atom stereocenters. The Bertz CT molecular complexity index is 129. The van der Waals surface area contributed by atoms with Crippen LogP contribution in [0.15, 0.2) is 11.6 Å². The Labute approximate surface area is 73.2 Å².